The molecule has 11 rings (SSSR count). The number of fused-ring (bicyclic) bond motifs is 6. The lowest BCUT2D eigenvalue weighted by Crippen LogP contribution is -2.37. The lowest BCUT2D eigenvalue weighted by atomic mass is 9.66. The zero-order valence-corrected chi connectivity index (χ0v) is 31.3. The second kappa shape index (κ2) is 11.4. The maximum absolute atomic E-state index is 6.37. The maximum atomic E-state index is 6.37. The summed E-state index contributed by atoms with van der Waals surface area (Å²) in [5.74, 6) is 0.911. The van der Waals surface area contributed by atoms with Crippen molar-refractivity contribution in [3.05, 3.63) is 186 Å². The van der Waals surface area contributed by atoms with Gasteiger partial charge in [-0.3, -0.25) is 4.57 Å². The second-order valence-corrected chi connectivity index (χ2v) is 16.0. The largest absolute Gasteiger partial charge is 0.455 e. The van der Waals surface area contributed by atoms with E-state index in [-0.39, 0.29) is 10.8 Å². The number of allylic oxidation sites excluding steroid dienone is 1. The molecular weight excluding hydrogens is 671 g/mol. The Morgan fingerprint density at radius 1 is 0.527 bits per heavy atom. The summed E-state index contributed by atoms with van der Waals surface area (Å²) in [6, 6.07) is 56.6. The normalized spacial score (nSPS) is 15.3. The summed E-state index contributed by atoms with van der Waals surface area (Å²) in [7, 11) is 0. The minimum Gasteiger partial charge on any atom is -0.455 e. The Bertz CT molecular complexity index is 3030. The number of aromatic nitrogens is 2. The molecule has 7 aromatic carbocycles. The summed E-state index contributed by atoms with van der Waals surface area (Å²) >= 11 is 0. The first-order chi connectivity index (χ1) is 26.8. The van der Waals surface area contributed by atoms with E-state index in [4.69, 9.17) is 9.40 Å². The molecule has 9 aromatic rings. The third-order valence-corrected chi connectivity index (χ3v) is 12.2. The van der Waals surface area contributed by atoms with Crippen LogP contribution >= 0.6 is 0 Å². The summed E-state index contributed by atoms with van der Waals surface area (Å²) in [6.07, 6.45) is 2.39. The zero-order valence-electron chi connectivity index (χ0n) is 31.3. The van der Waals surface area contributed by atoms with Crippen LogP contribution in [0.3, 0.4) is 0 Å². The zero-order chi connectivity index (χ0) is 37.1. The highest BCUT2D eigenvalue weighted by molar-refractivity contribution is 6.09. The van der Waals surface area contributed by atoms with Crippen LogP contribution < -0.4 is 4.90 Å². The maximum Gasteiger partial charge on any atom is 0.145 e. The Morgan fingerprint density at radius 2 is 1.16 bits per heavy atom. The monoisotopic (exact) mass is 709 g/mol. The summed E-state index contributed by atoms with van der Waals surface area (Å²) in [5, 5.41) is 2.27. The van der Waals surface area contributed by atoms with Crippen LogP contribution in [0.2, 0.25) is 0 Å². The molecule has 55 heavy (non-hydrogen) atoms. The van der Waals surface area contributed by atoms with E-state index in [2.05, 4.69) is 189 Å². The van der Waals surface area contributed by atoms with Crippen LogP contribution in [-0.2, 0) is 10.8 Å². The highest BCUT2D eigenvalue weighted by Crippen LogP contribution is 2.57. The van der Waals surface area contributed by atoms with Gasteiger partial charge in [0.1, 0.15) is 17.0 Å². The molecule has 4 heteroatoms. The summed E-state index contributed by atoms with van der Waals surface area (Å²) < 4.78 is 8.67. The molecular formula is C51H39N3O. The molecule has 0 aliphatic carbocycles. The average Bonchev–Trinajstić information content (AvgIpc) is 3.80. The van der Waals surface area contributed by atoms with E-state index >= 15 is 0 Å². The summed E-state index contributed by atoms with van der Waals surface area (Å²) in [6.45, 7) is 9.45. The molecule has 4 nitrogen and oxygen atoms in total. The number of imidazole rings is 1. The highest BCUT2D eigenvalue weighted by atomic mass is 16.3. The van der Waals surface area contributed by atoms with Crippen molar-refractivity contribution in [2.24, 2.45) is 0 Å². The van der Waals surface area contributed by atoms with E-state index in [1.54, 1.807) is 0 Å². The Labute approximate surface area is 320 Å². The minimum atomic E-state index is -0.201. The van der Waals surface area contributed by atoms with Crippen molar-refractivity contribution < 1.29 is 4.42 Å². The molecule has 0 atom stereocenters. The van der Waals surface area contributed by atoms with Crippen molar-refractivity contribution in [1.29, 1.82) is 0 Å². The third-order valence-electron chi connectivity index (χ3n) is 12.2. The molecule has 0 amide bonds. The van der Waals surface area contributed by atoms with E-state index in [0.29, 0.717) is 0 Å². The van der Waals surface area contributed by atoms with Crippen LogP contribution in [-0.4, -0.2) is 9.55 Å². The SMILES string of the molecule is CC1(C)C(c2ccc(-n3c(-c4ccc(-c5cccc6c5oc5ccccc56)cc4)nc4ccccc43)cc2)=CN2c3ccccc3C(C)(C)c3cccc1c32. The Hall–Kier alpha value is -6.65. The molecule has 0 bridgehead atoms. The molecule has 2 aliphatic heterocycles. The number of para-hydroxylation sites is 6. The van der Waals surface area contributed by atoms with Gasteiger partial charge in [0.15, 0.2) is 0 Å². The van der Waals surface area contributed by atoms with Crippen LogP contribution in [0.25, 0.3) is 66.7 Å². The van der Waals surface area contributed by atoms with Gasteiger partial charge < -0.3 is 9.32 Å². The molecule has 0 spiro atoms. The Kier molecular flexibility index (Phi) is 6.61. The van der Waals surface area contributed by atoms with E-state index in [1.165, 1.54) is 39.2 Å². The topological polar surface area (TPSA) is 34.2 Å². The average molecular weight is 710 g/mol. The van der Waals surface area contributed by atoms with Crippen LogP contribution in [0.4, 0.5) is 11.4 Å². The molecule has 0 saturated carbocycles. The van der Waals surface area contributed by atoms with Gasteiger partial charge in [-0.25, -0.2) is 4.98 Å². The van der Waals surface area contributed by atoms with Crippen molar-refractivity contribution >= 4 is 49.9 Å². The van der Waals surface area contributed by atoms with Crippen LogP contribution in [0.15, 0.2) is 168 Å². The fourth-order valence-electron chi connectivity index (χ4n) is 9.34. The quantitative estimate of drug-likeness (QED) is 0.182. The fraction of sp³-hybridized carbons (Fsp3) is 0.118. The minimum absolute atomic E-state index is 0.0876. The molecule has 4 heterocycles. The van der Waals surface area contributed by atoms with Crippen molar-refractivity contribution in [2.75, 3.05) is 4.90 Å². The number of hydrogen-bond donors (Lipinski definition) is 0. The number of benzene rings is 7. The molecule has 0 radical (unpaired) electrons. The van der Waals surface area contributed by atoms with Crippen molar-refractivity contribution in [1.82, 2.24) is 9.55 Å². The predicted octanol–water partition coefficient (Wildman–Crippen LogP) is 13.4. The number of furan rings is 1. The molecule has 0 fully saturated rings. The molecule has 0 unspecified atom stereocenters. The van der Waals surface area contributed by atoms with Gasteiger partial charge in [-0.1, -0.05) is 149 Å². The van der Waals surface area contributed by atoms with Crippen molar-refractivity contribution in [2.45, 2.75) is 38.5 Å². The lowest BCUT2D eigenvalue weighted by molar-refractivity contribution is 0.614. The highest BCUT2D eigenvalue weighted by Gasteiger charge is 2.43. The first kappa shape index (κ1) is 31.8. The van der Waals surface area contributed by atoms with Gasteiger partial charge in [-0.2, -0.15) is 0 Å². The molecule has 264 valence electrons. The number of rotatable bonds is 4. The first-order valence-electron chi connectivity index (χ1n) is 19.1. The van der Waals surface area contributed by atoms with Gasteiger partial charge in [0, 0.05) is 50.3 Å². The van der Waals surface area contributed by atoms with Gasteiger partial charge in [-0.15, -0.1) is 0 Å². The summed E-state index contributed by atoms with van der Waals surface area (Å²) in [4.78, 5) is 7.64. The van der Waals surface area contributed by atoms with E-state index in [9.17, 15) is 0 Å². The summed E-state index contributed by atoms with van der Waals surface area (Å²) in [5.41, 5.74) is 17.1. The standard InChI is InChI=1S/C51H39N3O/c1-50(2)39-16-6-8-20-44(39)53-31-42(51(3,4)41-18-12-17-40(50)47(41)53)33-27-29-35(30-28-33)54-45-21-9-7-19-43(45)52-49(54)34-25-23-32(24-26-34)36-14-11-15-38-37-13-5-10-22-46(37)55-48(36)38/h5-31H,1-4H3. The lowest BCUT2D eigenvalue weighted by Gasteiger charge is -2.47. The fourth-order valence-corrected chi connectivity index (χ4v) is 9.34. The van der Waals surface area contributed by atoms with Crippen LogP contribution in [0.1, 0.15) is 49.9 Å². The molecule has 2 aromatic heterocycles. The Morgan fingerprint density at radius 3 is 2.00 bits per heavy atom. The van der Waals surface area contributed by atoms with Crippen molar-refractivity contribution in [3.63, 3.8) is 0 Å². The van der Waals surface area contributed by atoms with Gasteiger partial charge in [0.25, 0.3) is 0 Å². The van der Waals surface area contributed by atoms with Crippen molar-refractivity contribution in [3.8, 4) is 28.2 Å². The van der Waals surface area contributed by atoms with Crippen LogP contribution in [0, 0.1) is 0 Å². The molecule has 0 saturated heterocycles. The van der Waals surface area contributed by atoms with E-state index < -0.39 is 0 Å². The van der Waals surface area contributed by atoms with Gasteiger partial charge in [-0.05, 0) is 69.8 Å². The van der Waals surface area contributed by atoms with E-state index in [1.807, 2.05) is 12.1 Å². The second-order valence-electron chi connectivity index (χ2n) is 16.0. The predicted molar refractivity (Wildman–Crippen MR) is 227 cm³/mol. The van der Waals surface area contributed by atoms with E-state index in [0.717, 1.165) is 61.2 Å². The molecule has 2 aliphatic rings. The smallest absolute Gasteiger partial charge is 0.145 e. The number of nitrogens with zero attached hydrogens (tertiary/aromatic N) is 3. The molecule has 0 N–H and O–H groups in total. The number of hydrogen-bond acceptors (Lipinski definition) is 3. The third kappa shape index (κ3) is 4.55. The first-order valence-corrected chi connectivity index (χ1v) is 19.1. The van der Waals surface area contributed by atoms with Gasteiger partial charge in [0.05, 0.1) is 16.7 Å². The Balaban J connectivity index is 0.997. The van der Waals surface area contributed by atoms with Gasteiger partial charge in [0.2, 0.25) is 0 Å². The number of anilines is 2. The van der Waals surface area contributed by atoms with Crippen LogP contribution in [0.5, 0.6) is 0 Å². The van der Waals surface area contributed by atoms with Gasteiger partial charge >= 0.3 is 0 Å².